The Hall–Kier alpha value is -0.730. The molecular weight excluding hydrogens is 210 g/mol. The summed E-state index contributed by atoms with van der Waals surface area (Å²) in [6, 6.07) is 0. The Labute approximate surface area is 96.6 Å². The first-order valence-electron chi connectivity index (χ1n) is 4.93. The number of ether oxygens (including phenoxy) is 1. The van der Waals surface area contributed by atoms with Crippen molar-refractivity contribution in [1.29, 1.82) is 0 Å². The third-order valence-corrected chi connectivity index (χ3v) is 2.16. The van der Waals surface area contributed by atoms with Crippen molar-refractivity contribution in [3.05, 3.63) is 0 Å². The maximum Gasteiger partial charge on any atom is 0.204 e. The van der Waals surface area contributed by atoms with Gasteiger partial charge in [-0.25, -0.2) is 0 Å². The summed E-state index contributed by atoms with van der Waals surface area (Å²) in [7, 11) is 0. The van der Waals surface area contributed by atoms with E-state index in [1.165, 1.54) is 0 Å². The molecule has 0 spiro atoms. The number of rotatable bonds is 4. The quantitative estimate of drug-likeness (QED) is 0.284. The van der Waals surface area contributed by atoms with Crippen LogP contribution in [0.15, 0.2) is 0 Å². The van der Waals surface area contributed by atoms with Crippen LogP contribution in [0.5, 0.6) is 0 Å². The third kappa shape index (κ3) is 8.57. The largest absolute Gasteiger partial charge is 0.372 e. The molecule has 16 heavy (non-hydrogen) atoms. The second kappa shape index (κ2) is 6.77. The molecule has 10 N–H and O–H groups in total. The molecule has 0 aromatic carbocycles. The molecule has 2 atom stereocenters. The highest BCUT2D eigenvalue weighted by Crippen LogP contribution is 2.11. The predicted octanol–water partition coefficient (Wildman–Crippen LogP) is -1.85. The summed E-state index contributed by atoms with van der Waals surface area (Å²) in [4.78, 5) is 8.58. The van der Waals surface area contributed by atoms with Crippen molar-refractivity contribution in [2.24, 2.45) is 28.7 Å². The van der Waals surface area contributed by atoms with Gasteiger partial charge < -0.3 is 33.4 Å². The summed E-state index contributed by atoms with van der Waals surface area (Å²) in [6.07, 6.45) is -0.345. The van der Waals surface area contributed by atoms with Gasteiger partial charge in [0, 0.05) is 0 Å². The lowest BCUT2D eigenvalue weighted by atomic mass is 10.1. The van der Waals surface area contributed by atoms with E-state index in [-0.39, 0.29) is 18.6 Å². The molecule has 0 rings (SSSR count). The Bertz CT molecular complexity index is 179. The molecule has 98 valence electrons. The molecule has 0 aliphatic heterocycles. The van der Waals surface area contributed by atoms with Gasteiger partial charge in [-0.2, -0.15) is 0 Å². The van der Waals surface area contributed by atoms with Gasteiger partial charge in [0.2, 0.25) is 6.41 Å². The summed E-state index contributed by atoms with van der Waals surface area (Å²) >= 11 is 0. The molecule has 0 bridgehead atoms. The number of nitrogens with two attached hydrogens (primary N) is 5. The molecule has 0 saturated heterocycles. The topological polar surface area (TPSA) is 156 Å². The highest BCUT2D eigenvalue weighted by atomic mass is 16.5. The molecule has 2 unspecified atom stereocenters. The van der Waals surface area contributed by atoms with E-state index in [0.29, 0.717) is 0 Å². The van der Waals surface area contributed by atoms with Crippen molar-refractivity contribution in [3.63, 3.8) is 0 Å². The SMILES string of the molecule is CC(OC(C)C(C)(N)N)C(C)(N)N.NC=O. The van der Waals surface area contributed by atoms with Crippen molar-refractivity contribution < 1.29 is 9.53 Å². The Morgan fingerprint density at radius 2 is 1.19 bits per heavy atom. The van der Waals surface area contributed by atoms with Crippen LogP contribution in [0.3, 0.4) is 0 Å². The smallest absolute Gasteiger partial charge is 0.204 e. The molecule has 0 radical (unpaired) electrons. The first-order valence-corrected chi connectivity index (χ1v) is 4.93. The van der Waals surface area contributed by atoms with E-state index in [1.807, 2.05) is 0 Å². The van der Waals surface area contributed by atoms with Crippen LogP contribution in [0.4, 0.5) is 0 Å². The van der Waals surface area contributed by atoms with Gasteiger partial charge in [0.25, 0.3) is 0 Å². The van der Waals surface area contributed by atoms with Crippen LogP contribution in [0.25, 0.3) is 0 Å². The molecule has 7 nitrogen and oxygen atoms in total. The van der Waals surface area contributed by atoms with E-state index >= 15 is 0 Å². The molecule has 1 amide bonds. The number of hydrogen-bond acceptors (Lipinski definition) is 6. The molecular formula is C9H25N5O2. The molecule has 0 fully saturated rings. The van der Waals surface area contributed by atoms with Crippen LogP contribution in [0, 0.1) is 0 Å². The van der Waals surface area contributed by atoms with E-state index in [1.54, 1.807) is 27.7 Å². The van der Waals surface area contributed by atoms with Gasteiger partial charge in [-0.15, -0.1) is 0 Å². The molecule has 0 aliphatic rings. The van der Waals surface area contributed by atoms with E-state index in [4.69, 9.17) is 32.5 Å². The van der Waals surface area contributed by atoms with Crippen molar-refractivity contribution in [2.75, 3.05) is 0 Å². The Kier molecular flexibility index (Phi) is 7.47. The van der Waals surface area contributed by atoms with Crippen LogP contribution in [0.1, 0.15) is 27.7 Å². The highest BCUT2D eigenvalue weighted by Gasteiger charge is 2.29. The maximum absolute atomic E-state index is 8.58. The number of amides is 1. The summed E-state index contributed by atoms with van der Waals surface area (Å²) in [5.41, 5.74) is 25.0. The third-order valence-electron chi connectivity index (χ3n) is 2.16. The van der Waals surface area contributed by atoms with Gasteiger partial charge in [-0.1, -0.05) is 0 Å². The predicted molar refractivity (Wildman–Crippen MR) is 63.8 cm³/mol. The lowest BCUT2D eigenvalue weighted by Gasteiger charge is -2.34. The van der Waals surface area contributed by atoms with Crippen LogP contribution in [-0.2, 0) is 9.53 Å². The molecule has 0 heterocycles. The van der Waals surface area contributed by atoms with Gasteiger partial charge in [0.15, 0.2) is 0 Å². The Balaban J connectivity index is 0. The van der Waals surface area contributed by atoms with Crippen LogP contribution >= 0.6 is 0 Å². The average Bonchev–Trinajstić information content (AvgIpc) is 2.01. The van der Waals surface area contributed by atoms with E-state index in [2.05, 4.69) is 5.73 Å². The molecule has 0 aromatic rings. The van der Waals surface area contributed by atoms with E-state index in [0.717, 1.165) is 0 Å². The summed E-state index contributed by atoms with van der Waals surface area (Å²) in [5, 5.41) is 0. The first-order chi connectivity index (χ1) is 6.96. The minimum atomic E-state index is -0.875. The van der Waals surface area contributed by atoms with Crippen LogP contribution in [-0.4, -0.2) is 29.9 Å². The summed E-state index contributed by atoms with van der Waals surface area (Å²) < 4.78 is 5.48. The van der Waals surface area contributed by atoms with E-state index in [9.17, 15) is 0 Å². The van der Waals surface area contributed by atoms with Gasteiger partial charge in [0.05, 0.1) is 23.5 Å². The van der Waals surface area contributed by atoms with Crippen molar-refractivity contribution in [1.82, 2.24) is 0 Å². The van der Waals surface area contributed by atoms with E-state index < -0.39 is 11.3 Å². The Morgan fingerprint density at radius 3 is 1.31 bits per heavy atom. The Morgan fingerprint density at radius 1 is 1.00 bits per heavy atom. The fraction of sp³-hybridized carbons (Fsp3) is 0.889. The summed E-state index contributed by atoms with van der Waals surface area (Å²) in [6.45, 7) is 6.97. The van der Waals surface area contributed by atoms with Crippen molar-refractivity contribution >= 4 is 6.41 Å². The van der Waals surface area contributed by atoms with Gasteiger partial charge >= 0.3 is 0 Å². The average molecular weight is 235 g/mol. The lowest BCUT2D eigenvalue weighted by Crippen LogP contribution is -2.61. The van der Waals surface area contributed by atoms with Crippen molar-refractivity contribution in [2.45, 2.75) is 51.2 Å². The number of carbonyl (C=O) groups excluding carboxylic acids is 1. The zero-order chi connectivity index (χ0) is 13.6. The molecule has 0 aromatic heterocycles. The fourth-order valence-electron chi connectivity index (χ4n) is 0.599. The van der Waals surface area contributed by atoms with Gasteiger partial charge in [-0.3, -0.25) is 4.79 Å². The monoisotopic (exact) mass is 235 g/mol. The maximum atomic E-state index is 8.58. The van der Waals surface area contributed by atoms with Gasteiger partial charge in [-0.05, 0) is 27.7 Å². The minimum absolute atomic E-state index is 0.250. The summed E-state index contributed by atoms with van der Waals surface area (Å²) in [5.74, 6) is 0. The van der Waals surface area contributed by atoms with Crippen LogP contribution in [0.2, 0.25) is 0 Å². The minimum Gasteiger partial charge on any atom is -0.372 e. The normalized spacial score (nSPS) is 15.8. The molecule has 0 saturated carbocycles. The zero-order valence-corrected chi connectivity index (χ0v) is 10.4. The number of primary amides is 1. The fourth-order valence-corrected chi connectivity index (χ4v) is 0.599. The number of hydrogen-bond donors (Lipinski definition) is 5. The van der Waals surface area contributed by atoms with Crippen molar-refractivity contribution in [3.8, 4) is 0 Å². The molecule has 7 heteroatoms. The highest BCUT2D eigenvalue weighted by molar-refractivity contribution is 5.42. The second-order valence-electron chi connectivity index (χ2n) is 4.29. The first kappa shape index (κ1) is 17.7. The second-order valence-corrected chi connectivity index (χ2v) is 4.29. The molecule has 0 aliphatic carbocycles. The van der Waals surface area contributed by atoms with Crippen LogP contribution < -0.4 is 28.7 Å². The van der Waals surface area contributed by atoms with Gasteiger partial charge in [0.1, 0.15) is 0 Å². The lowest BCUT2D eigenvalue weighted by molar-refractivity contribution is -0.106. The number of carbonyl (C=O) groups is 1. The standard InChI is InChI=1S/C8H22N4O.CH3NO/c1-5(7(3,9)10)13-6(2)8(4,11)12;2-1-3/h5-6H,9-12H2,1-4H3;1H,(H2,2,3). The zero-order valence-electron chi connectivity index (χ0n) is 10.4.